The SMILES string of the molecule is C[C@H](C(=O)Nc1ccc(F)cc1Cl)[NH+](C)Cc1ccccc1F. The van der Waals surface area contributed by atoms with Crippen LogP contribution in [-0.2, 0) is 11.3 Å². The number of nitrogens with one attached hydrogen (secondary N) is 2. The van der Waals surface area contributed by atoms with Gasteiger partial charge in [-0.1, -0.05) is 29.8 Å². The van der Waals surface area contributed by atoms with Crippen LogP contribution in [0, 0.1) is 11.6 Å². The first-order valence-corrected chi connectivity index (χ1v) is 7.58. The summed E-state index contributed by atoms with van der Waals surface area (Å²) in [4.78, 5) is 13.1. The summed E-state index contributed by atoms with van der Waals surface area (Å²) in [6, 6.07) is 9.81. The Hall–Kier alpha value is -1.98. The van der Waals surface area contributed by atoms with Crippen molar-refractivity contribution < 1.29 is 18.5 Å². The molecule has 2 N–H and O–H groups in total. The molecule has 0 aromatic heterocycles. The monoisotopic (exact) mass is 339 g/mol. The standard InChI is InChI=1S/C17H17ClF2N2O/c1-11(22(2)10-12-5-3-4-6-15(12)20)17(23)21-16-8-7-13(19)9-14(16)18/h3-9,11H,10H2,1-2H3,(H,21,23)/p+1/t11-/m1/s1. The van der Waals surface area contributed by atoms with Crippen molar-refractivity contribution >= 4 is 23.2 Å². The molecule has 0 heterocycles. The molecule has 0 radical (unpaired) electrons. The summed E-state index contributed by atoms with van der Waals surface area (Å²) in [7, 11) is 1.81. The highest BCUT2D eigenvalue weighted by Gasteiger charge is 2.23. The highest BCUT2D eigenvalue weighted by atomic mass is 35.5. The number of halogens is 3. The molecule has 2 rings (SSSR count). The van der Waals surface area contributed by atoms with Gasteiger partial charge in [-0.05, 0) is 31.2 Å². The van der Waals surface area contributed by atoms with Gasteiger partial charge in [0.1, 0.15) is 18.2 Å². The first-order valence-electron chi connectivity index (χ1n) is 7.20. The molecule has 122 valence electrons. The summed E-state index contributed by atoms with van der Waals surface area (Å²) in [5, 5.41) is 2.80. The Bertz CT molecular complexity index is 709. The van der Waals surface area contributed by atoms with Crippen LogP contribution in [0.15, 0.2) is 42.5 Å². The summed E-state index contributed by atoms with van der Waals surface area (Å²) < 4.78 is 26.7. The minimum absolute atomic E-state index is 0.136. The molecular formula is C17H18ClF2N2O+. The van der Waals surface area contributed by atoms with Crippen LogP contribution in [-0.4, -0.2) is 19.0 Å². The lowest BCUT2D eigenvalue weighted by Gasteiger charge is -2.21. The number of benzene rings is 2. The fourth-order valence-electron chi connectivity index (χ4n) is 2.15. The Morgan fingerprint density at radius 1 is 1.26 bits per heavy atom. The van der Waals surface area contributed by atoms with E-state index >= 15 is 0 Å². The lowest BCUT2D eigenvalue weighted by atomic mass is 10.1. The number of carbonyl (C=O) groups is 1. The van der Waals surface area contributed by atoms with Crippen LogP contribution in [0.25, 0.3) is 0 Å². The highest BCUT2D eigenvalue weighted by molar-refractivity contribution is 6.33. The van der Waals surface area contributed by atoms with Gasteiger partial charge in [-0.2, -0.15) is 0 Å². The maximum Gasteiger partial charge on any atom is 0.282 e. The first-order chi connectivity index (χ1) is 10.9. The van der Waals surface area contributed by atoms with E-state index in [1.165, 1.54) is 18.2 Å². The average Bonchev–Trinajstić information content (AvgIpc) is 2.51. The third-order valence-electron chi connectivity index (χ3n) is 3.75. The smallest absolute Gasteiger partial charge is 0.282 e. The second kappa shape index (κ2) is 7.53. The molecule has 0 aliphatic carbocycles. The normalized spacial score (nSPS) is 13.4. The topological polar surface area (TPSA) is 33.5 Å². The lowest BCUT2D eigenvalue weighted by molar-refractivity contribution is -0.908. The van der Waals surface area contributed by atoms with Crippen molar-refractivity contribution in [2.24, 2.45) is 0 Å². The molecule has 0 aliphatic heterocycles. The molecule has 0 saturated carbocycles. The van der Waals surface area contributed by atoms with E-state index < -0.39 is 11.9 Å². The summed E-state index contributed by atoms with van der Waals surface area (Å²) in [5.74, 6) is -1.03. The van der Waals surface area contributed by atoms with Gasteiger partial charge in [0.25, 0.3) is 5.91 Å². The van der Waals surface area contributed by atoms with Crippen molar-refractivity contribution in [1.29, 1.82) is 0 Å². The molecule has 23 heavy (non-hydrogen) atoms. The minimum Gasteiger partial charge on any atom is -0.324 e. The van der Waals surface area contributed by atoms with Gasteiger partial charge in [0.2, 0.25) is 0 Å². The Kier molecular flexibility index (Phi) is 5.69. The molecule has 0 saturated heterocycles. The van der Waals surface area contributed by atoms with E-state index in [0.29, 0.717) is 17.8 Å². The number of anilines is 1. The maximum atomic E-state index is 13.7. The number of likely N-dealkylation sites (N-methyl/N-ethyl adjacent to an activating group) is 1. The fourth-order valence-corrected chi connectivity index (χ4v) is 2.37. The molecule has 0 bridgehead atoms. The molecule has 0 aliphatic rings. The zero-order chi connectivity index (χ0) is 17.0. The van der Waals surface area contributed by atoms with Crippen LogP contribution in [0.2, 0.25) is 5.02 Å². The summed E-state index contributed by atoms with van der Waals surface area (Å²) in [5.41, 5.74) is 0.896. The van der Waals surface area contributed by atoms with E-state index in [-0.39, 0.29) is 16.7 Å². The van der Waals surface area contributed by atoms with Crippen LogP contribution in [0.1, 0.15) is 12.5 Å². The van der Waals surface area contributed by atoms with Crippen LogP contribution >= 0.6 is 11.6 Å². The van der Waals surface area contributed by atoms with Gasteiger partial charge in [0.05, 0.1) is 17.8 Å². The molecule has 2 aromatic rings. The Morgan fingerprint density at radius 2 is 1.96 bits per heavy atom. The fraction of sp³-hybridized carbons (Fsp3) is 0.235. The van der Waals surface area contributed by atoms with Gasteiger partial charge in [-0.3, -0.25) is 4.79 Å². The highest BCUT2D eigenvalue weighted by Crippen LogP contribution is 2.22. The predicted molar refractivity (Wildman–Crippen MR) is 86.5 cm³/mol. The van der Waals surface area contributed by atoms with Crippen LogP contribution in [0.5, 0.6) is 0 Å². The number of quaternary nitrogens is 1. The zero-order valence-electron chi connectivity index (χ0n) is 12.9. The molecule has 2 aromatic carbocycles. The van der Waals surface area contributed by atoms with Gasteiger partial charge < -0.3 is 10.2 Å². The second-order valence-corrected chi connectivity index (χ2v) is 5.86. The maximum absolute atomic E-state index is 13.7. The van der Waals surface area contributed by atoms with Gasteiger partial charge in [0.15, 0.2) is 6.04 Å². The largest absolute Gasteiger partial charge is 0.324 e. The van der Waals surface area contributed by atoms with Crippen molar-refractivity contribution in [2.75, 3.05) is 12.4 Å². The minimum atomic E-state index is -0.469. The van der Waals surface area contributed by atoms with E-state index in [9.17, 15) is 13.6 Å². The van der Waals surface area contributed by atoms with Crippen LogP contribution in [0.4, 0.5) is 14.5 Å². The quantitative estimate of drug-likeness (QED) is 0.862. The van der Waals surface area contributed by atoms with Crippen molar-refractivity contribution in [2.45, 2.75) is 19.5 Å². The predicted octanol–water partition coefficient (Wildman–Crippen LogP) is 2.66. The molecule has 2 atom stereocenters. The zero-order valence-corrected chi connectivity index (χ0v) is 13.6. The number of rotatable bonds is 5. The number of amides is 1. The van der Waals surface area contributed by atoms with Crippen molar-refractivity contribution in [3.8, 4) is 0 Å². The lowest BCUT2D eigenvalue weighted by Crippen LogP contribution is -3.12. The van der Waals surface area contributed by atoms with E-state index in [4.69, 9.17) is 11.6 Å². The summed E-state index contributed by atoms with van der Waals surface area (Å²) >= 11 is 5.90. The molecule has 0 spiro atoms. The van der Waals surface area contributed by atoms with Crippen molar-refractivity contribution in [3.05, 3.63) is 64.7 Å². The molecule has 3 nitrogen and oxygen atoms in total. The van der Waals surface area contributed by atoms with Crippen molar-refractivity contribution in [1.82, 2.24) is 0 Å². The molecule has 1 amide bonds. The number of carbonyl (C=O) groups excluding carboxylic acids is 1. The third-order valence-corrected chi connectivity index (χ3v) is 4.06. The van der Waals surface area contributed by atoms with Gasteiger partial charge in [-0.25, -0.2) is 8.78 Å². The van der Waals surface area contributed by atoms with Gasteiger partial charge in [-0.15, -0.1) is 0 Å². The van der Waals surface area contributed by atoms with Crippen molar-refractivity contribution in [3.63, 3.8) is 0 Å². The molecule has 1 unspecified atom stereocenters. The average molecular weight is 340 g/mol. The van der Waals surface area contributed by atoms with E-state index in [0.717, 1.165) is 11.0 Å². The Balaban J connectivity index is 2.02. The molecule has 6 heteroatoms. The van der Waals surface area contributed by atoms with E-state index in [2.05, 4.69) is 5.32 Å². The first kappa shape index (κ1) is 17.4. The van der Waals surface area contributed by atoms with E-state index in [1.54, 1.807) is 25.1 Å². The second-order valence-electron chi connectivity index (χ2n) is 5.45. The molecule has 0 fully saturated rings. The molecular weight excluding hydrogens is 322 g/mol. The van der Waals surface area contributed by atoms with Gasteiger partial charge in [0, 0.05) is 5.56 Å². The van der Waals surface area contributed by atoms with Crippen LogP contribution in [0.3, 0.4) is 0 Å². The summed E-state index contributed by atoms with van der Waals surface area (Å²) in [6.45, 7) is 2.11. The third kappa shape index (κ3) is 4.50. The summed E-state index contributed by atoms with van der Waals surface area (Å²) in [6.07, 6.45) is 0. The Morgan fingerprint density at radius 3 is 2.61 bits per heavy atom. The van der Waals surface area contributed by atoms with E-state index in [1.807, 2.05) is 7.05 Å². The Labute approximate surface area is 138 Å². The van der Waals surface area contributed by atoms with Crippen LogP contribution < -0.4 is 10.2 Å². The van der Waals surface area contributed by atoms with Gasteiger partial charge >= 0.3 is 0 Å². The number of hydrogen-bond donors (Lipinski definition) is 2. The number of hydrogen-bond acceptors (Lipinski definition) is 1.